The summed E-state index contributed by atoms with van der Waals surface area (Å²) >= 11 is 0. The van der Waals surface area contributed by atoms with Crippen LogP contribution >= 0.6 is 0 Å². The third-order valence-electron chi connectivity index (χ3n) is 2.62. The Bertz CT molecular complexity index is 317. The molecule has 0 aromatic carbocycles. The van der Waals surface area contributed by atoms with Crippen LogP contribution < -0.4 is 5.32 Å². The van der Waals surface area contributed by atoms with Crippen LogP contribution in [0.4, 0.5) is 0 Å². The smallest absolute Gasteiger partial charge is 0.0964 e. The van der Waals surface area contributed by atoms with Crippen LogP contribution in [0.2, 0.25) is 0 Å². The quantitative estimate of drug-likeness (QED) is 0.579. The highest BCUT2D eigenvalue weighted by Gasteiger charge is 1.99. The summed E-state index contributed by atoms with van der Waals surface area (Å²) in [5.41, 5.74) is 0.963. The summed E-state index contributed by atoms with van der Waals surface area (Å²) in [5.74, 6) is 0. The van der Waals surface area contributed by atoms with Crippen molar-refractivity contribution in [3.8, 4) is 0 Å². The normalized spacial score (nSPS) is 11.1. The summed E-state index contributed by atoms with van der Waals surface area (Å²) < 4.78 is 12.7. The summed E-state index contributed by atoms with van der Waals surface area (Å²) in [7, 11) is 0. The van der Waals surface area contributed by atoms with Gasteiger partial charge in [0.1, 0.15) is 0 Å². The van der Waals surface area contributed by atoms with Crippen molar-refractivity contribution in [2.75, 3.05) is 33.0 Å². The molecule has 1 aromatic rings. The Morgan fingerprint density at radius 1 is 1.16 bits per heavy atom. The molecular formula is C13H26N4O2. The van der Waals surface area contributed by atoms with E-state index in [-0.39, 0.29) is 0 Å². The molecular weight excluding hydrogens is 244 g/mol. The maximum atomic E-state index is 5.48. The lowest BCUT2D eigenvalue weighted by Crippen LogP contribution is -2.12. The van der Waals surface area contributed by atoms with E-state index in [4.69, 9.17) is 9.47 Å². The number of rotatable bonds is 12. The lowest BCUT2D eigenvalue weighted by molar-refractivity contribution is 0.0429. The molecule has 0 atom stereocenters. The summed E-state index contributed by atoms with van der Waals surface area (Å²) in [6.45, 7) is 9.44. The molecule has 0 radical (unpaired) electrons. The van der Waals surface area contributed by atoms with Crippen molar-refractivity contribution in [2.45, 2.75) is 39.8 Å². The van der Waals surface area contributed by atoms with Crippen molar-refractivity contribution in [1.29, 1.82) is 0 Å². The minimum atomic E-state index is 0.640. The van der Waals surface area contributed by atoms with Gasteiger partial charge in [-0.2, -0.15) is 0 Å². The van der Waals surface area contributed by atoms with E-state index in [1.165, 1.54) is 6.42 Å². The number of aromatic nitrogens is 3. The second kappa shape index (κ2) is 10.9. The first kappa shape index (κ1) is 16.1. The van der Waals surface area contributed by atoms with Crippen LogP contribution in [0.1, 0.15) is 32.4 Å². The molecule has 0 unspecified atom stereocenters. The molecule has 6 nitrogen and oxygen atoms in total. The first-order valence-corrected chi connectivity index (χ1v) is 7.12. The van der Waals surface area contributed by atoms with Gasteiger partial charge in [-0.3, -0.25) is 0 Å². The van der Waals surface area contributed by atoms with Crippen LogP contribution in [0.3, 0.4) is 0 Å². The largest absolute Gasteiger partial charge is 0.379 e. The van der Waals surface area contributed by atoms with Gasteiger partial charge in [0.25, 0.3) is 0 Å². The highest BCUT2D eigenvalue weighted by molar-refractivity contribution is 4.91. The lowest BCUT2D eigenvalue weighted by Gasteiger charge is -2.05. The average molecular weight is 270 g/mol. The molecule has 0 saturated carbocycles. The summed E-state index contributed by atoms with van der Waals surface area (Å²) in [4.78, 5) is 0. The Morgan fingerprint density at radius 2 is 1.95 bits per heavy atom. The molecule has 0 spiro atoms. The van der Waals surface area contributed by atoms with E-state index in [2.05, 4.69) is 29.5 Å². The molecule has 0 saturated heterocycles. The molecule has 0 aliphatic carbocycles. The van der Waals surface area contributed by atoms with E-state index in [0.29, 0.717) is 19.8 Å². The van der Waals surface area contributed by atoms with Gasteiger partial charge in [0.05, 0.1) is 32.1 Å². The summed E-state index contributed by atoms with van der Waals surface area (Å²) in [6.07, 6.45) is 4.24. The molecule has 0 amide bonds. The van der Waals surface area contributed by atoms with Crippen molar-refractivity contribution >= 4 is 0 Å². The van der Waals surface area contributed by atoms with Crippen molar-refractivity contribution in [2.24, 2.45) is 0 Å². The van der Waals surface area contributed by atoms with Gasteiger partial charge in [-0.1, -0.05) is 25.5 Å². The molecule has 0 fully saturated rings. The van der Waals surface area contributed by atoms with E-state index in [0.717, 1.165) is 38.4 Å². The predicted octanol–water partition coefficient (Wildman–Crippen LogP) is 1.22. The number of hydrogen-bond acceptors (Lipinski definition) is 5. The lowest BCUT2D eigenvalue weighted by atomic mass is 10.4. The second-order valence-electron chi connectivity index (χ2n) is 4.33. The topological polar surface area (TPSA) is 61.2 Å². The fourth-order valence-electron chi connectivity index (χ4n) is 1.51. The summed E-state index contributed by atoms with van der Waals surface area (Å²) in [5, 5.41) is 11.3. The Hall–Kier alpha value is -0.980. The van der Waals surface area contributed by atoms with Gasteiger partial charge in [0.2, 0.25) is 0 Å². The standard InChI is InChI=1S/C13H26N4O2/c1-3-5-7-18-9-10-19-8-6-17-12-13(15-16-17)11-14-4-2/h12,14H,3-11H2,1-2H3. The molecule has 1 heterocycles. The SMILES string of the molecule is CCCCOCCOCCn1cc(CNCC)nn1. The Balaban J connectivity index is 1.98. The Morgan fingerprint density at radius 3 is 2.68 bits per heavy atom. The molecule has 6 heteroatoms. The highest BCUT2D eigenvalue weighted by atomic mass is 16.5. The van der Waals surface area contributed by atoms with Crippen LogP contribution in [-0.4, -0.2) is 48.0 Å². The van der Waals surface area contributed by atoms with Crippen LogP contribution in [0.15, 0.2) is 6.20 Å². The molecule has 0 bridgehead atoms. The highest BCUT2D eigenvalue weighted by Crippen LogP contribution is 1.93. The third-order valence-corrected chi connectivity index (χ3v) is 2.62. The minimum absolute atomic E-state index is 0.640. The fraction of sp³-hybridized carbons (Fsp3) is 0.846. The van der Waals surface area contributed by atoms with Crippen LogP contribution in [-0.2, 0) is 22.6 Å². The molecule has 0 aliphatic heterocycles. The van der Waals surface area contributed by atoms with Gasteiger partial charge in [-0.25, -0.2) is 4.68 Å². The molecule has 19 heavy (non-hydrogen) atoms. The van der Waals surface area contributed by atoms with Crippen molar-refractivity contribution in [3.05, 3.63) is 11.9 Å². The molecule has 1 rings (SSSR count). The monoisotopic (exact) mass is 270 g/mol. The van der Waals surface area contributed by atoms with Crippen molar-refractivity contribution < 1.29 is 9.47 Å². The first-order chi connectivity index (χ1) is 9.36. The zero-order chi connectivity index (χ0) is 13.8. The van der Waals surface area contributed by atoms with E-state index in [1.54, 1.807) is 0 Å². The predicted molar refractivity (Wildman–Crippen MR) is 73.9 cm³/mol. The van der Waals surface area contributed by atoms with Crippen molar-refractivity contribution in [1.82, 2.24) is 20.3 Å². The van der Waals surface area contributed by atoms with Gasteiger partial charge >= 0.3 is 0 Å². The Labute approximate surface area is 115 Å². The maximum Gasteiger partial charge on any atom is 0.0964 e. The van der Waals surface area contributed by atoms with Crippen LogP contribution in [0, 0.1) is 0 Å². The molecule has 110 valence electrons. The number of nitrogens with zero attached hydrogens (tertiary/aromatic N) is 3. The number of hydrogen-bond donors (Lipinski definition) is 1. The van der Waals surface area contributed by atoms with Gasteiger partial charge < -0.3 is 14.8 Å². The molecule has 1 aromatic heterocycles. The van der Waals surface area contributed by atoms with E-state index in [9.17, 15) is 0 Å². The number of unbranched alkanes of at least 4 members (excludes halogenated alkanes) is 1. The van der Waals surface area contributed by atoms with Crippen molar-refractivity contribution in [3.63, 3.8) is 0 Å². The third kappa shape index (κ3) is 7.92. The fourth-order valence-corrected chi connectivity index (χ4v) is 1.51. The van der Waals surface area contributed by atoms with E-state index in [1.807, 2.05) is 10.9 Å². The van der Waals surface area contributed by atoms with Gasteiger partial charge in [0.15, 0.2) is 0 Å². The van der Waals surface area contributed by atoms with Gasteiger partial charge in [0, 0.05) is 19.3 Å². The molecule has 1 N–H and O–H groups in total. The Kier molecular flexibility index (Phi) is 9.22. The zero-order valence-corrected chi connectivity index (χ0v) is 12.1. The van der Waals surface area contributed by atoms with Crippen LogP contribution in [0.25, 0.3) is 0 Å². The molecule has 0 aliphatic rings. The first-order valence-electron chi connectivity index (χ1n) is 7.12. The second-order valence-corrected chi connectivity index (χ2v) is 4.33. The van der Waals surface area contributed by atoms with E-state index < -0.39 is 0 Å². The zero-order valence-electron chi connectivity index (χ0n) is 12.1. The minimum Gasteiger partial charge on any atom is -0.379 e. The maximum absolute atomic E-state index is 5.48. The number of ether oxygens (including phenoxy) is 2. The van der Waals surface area contributed by atoms with E-state index >= 15 is 0 Å². The average Bonchev–Trinajstić information content (AvgIpc) is 2.87. The van der Waals surface area contributed by atoms with Gasteiger partial charge in [-0.05, 0) is 13.0 Å². The number of nitrogens with one attached hydrogen (secondary N) is 1. The summed E-state index contributed by atoms with van der Waals surface area (Å²) in [6, 6.07) is 0. The van der Waals surface area contributed by atoms with Crippen LogP contribution in [0.5, 0.6) is 0 Å². The van der Waals surface area contributed by atoms with Gasteiger partial charge in [-0.15, -0.1) is 5.10 Å².